The minimum absolute atomic E-state index is 0.0312. The minimum atomic E-state index is -0.423. The largest absolute Gasteiger partial charge is 0.382 e. The fraction of sp³-hybridized carbons (Fsp3) is 0.417. The predicted molar refractivity (Wildman–Crippen MR) is 76.3 cm³/mol. The van der Waals surface area contributed by atoms with Crippen molar-refractivity contribution in [2.45, 2.75) is 19.4 Å². The van der Waals surface area contributed by atoms with Gasteiger partial charge in [-0.25, -0.2) is 4.99 Å². The summed E-state index contributed by atoms with van der Waals surface area (Å²) in [5.74, 6) is 0.383. The smallest absolute Gasteiger partial charge is 0.227 e. The van der Waals surface area contributed by atoms with Crippen LogP contribution in [0.5, 0.6) is 0 Å². The standard InChI is InChI=1S/C12H16N8/c1-4-8(5-13)17-12-18-10(15)9(6-14)11(19-12)16-7-20(2)3/h7-8H,4H2,1-3H3,(H3,15,17,18,19). The van der Waals surface area contributed by atoms with Crippen LogP contribution in [-0.4, -0.2) is 41.3 Å². The Kier molecular flexibility index (Phi) is 5.24. The molecule has 0 aliphatic heterocycles. The lowest BCUT2D eigenvalue weighted by molar-refractivity contribution is 0.643. The molecular formula is C12H16N8. The minimum Gasteiger partial charge on any atom is -0.382 e. The van der Waals surface area contributed by atoms with Gasteiger partial charge in [0.1, 0.15) is 23.5 Å². The van der Waals surface area contributed by atoms with Gasteiger partial charge in [-0.15, -0.1) is 0 Å². The molecule has 0 bridgehead atoms. The highest BCUT2D eigenvalue weighted by Crippen LogP contribution is 2.22. The van der Waals surface area contributed by atoms with Crippen molar-refractivity contribution in [3.05, 3.63) is 5.56 Å². The number of hydrogen-bond acceptors (Lipinski definition) is 7. The molecule has 3 N–H and O–H groups in total. The molecule has 0 saturated heterocycles. The second kappa shape index (κ2) is 6.90. The lowest BCUT2D eigenvalue weighted by Gasteiger charge is -2.11. The van der Waals surface area contributed by atoms with Crippen molar-refractivity contribution >= 4 is 23.9 Å². The Labute approximate surface area is 117 Å². The van der Waals surface area contributed by atoms with E-state index in [0.29, 0.717) is 6.42 Å². The first-order valence-electron chi connectivity index (χ1n) is 5.96. The molecule has 0 spiro atoms. The Balaban J connectivity index is 3.19. The number of nitrogens with one attached hydrogen (secondary N) is 1. The van der Waals surface area contributed by atoms with Crippen molar-refractivity contribution < 1.29 is 0 Å². The molecule has 1 atom stereocenters. The Morgan fingerprint density at radius 1 is 1.45 bits per heavy atom. The van der Waals surface area contributed by atoms with E-state index in [4.69, 9.17) is 16.3 Å². The Hall–Kier alpha value is -2.87. The number of rotatable bonds is 5. The maximum Gasteiger partial charge on any atom is 0.227 e. The van der Waals surface area contributed by atoms with Crippen molar-refractivity contribution in [3.8, 4) is 12.1 Å². The first-order chi connectivity index (χ1) is 9.51. The second-order valence-corrected chi connectivity index (χ2v) is 4.19. The average Bonchev–Trinajstić information content (AvgIpc) is 2.42. The molecule has 0 fully saturated rings. The van der Waals surface area contributed by atoms with E-state index in [-0.39, 0.29) is 23.1 Å². The summed E-state index contributed by atoms with van der Waals surface area (Å²) in [6.45, 7) is 1.86. The summed E-state index contributed by atoms with van der Waals surface area (Å²) in [6, 6.07) is 3.57. The summed E-state index contributed by atoms with van der Waals surface area (Å²) in [5, 5.41) is 20.8. The molecule has 0 aliphatic rings. The van der Waals surface area contributed by atoms with Crippen LogP contribution < -0.4 is 11.1 Å². The molecule has 8 heteroatoms. The monoisotopic (exact) mass is 272 g/mol. The average molecular weight is 272 g/mol. The zero-order valence-electron chi connectivity index (χ0n) is 11.6. The van der Waals surface area contributed by atoms with E-state index in [9.17, 15) is 0 Å². The number of nitrogens with zero attached hydrogens (tertiary/aromatic N) is 6. The molecule has 104 valence electrons. The van der Waals surface area contributed by atoms with Crippen molar-refractivity contribution in [2.24, 2.45) is 4.99 Å². The van der Waals surface area contributed by atoms with Crippen LogP contribution in [0.2, 0.25) is 0 Å². The quantitative estimate of drug-likeness (QED) is 0.601. The summed E-state index contributed by atoms with van der Waals surface area (Å²) in [5.41, 5.74) is 5.82. The molecule has 0 radical (unpaired) electrons. The summed E-state index contributed by atoms with van der Waals surface area (Å²) in [7, 11) is 3.59. The second-order valence-electron chi connectivity index (χ2n) is 4.19. The maximum atomic E-state index is 9.06. The van der Waals surface area contributed by atoms with Gasteiger partial charge in [-0.3, -0.25) is 0 Å². The van der Waals surface area contributed by atoms with Crippen LogP contribution in [0.3, 0.4) is 0 Å². The molecule has 0 aromatic carbocycles. The van der Waals surface area contributed by atoms with Gasteiger partial charge in [0.2, 0.25) is 5.95 Å². The SMILES string of the molecule is CCC(C#N)Nc1nc(N)c(C#N)c(N=CN(C)C)n1. The third-order valence-electron chi connectivity index (χ3n) is 2.31. The van der Waals surface area contributed by atoms with Crippen LogP contribution in [0.25, 0.3) is 0 Å². The van der Waals surface area contributed by atoms with Crippen LogP contribution in [-0.2, 0) is 0 Å². The third kappa shape index (κ3) is 3.82. The fourth-order valence-electron chi connectivity index (χ4n) is 1.28. The zero-order chi connectivity index (χ0) is 15.1. The van der Waals surface area contributed by atoms with E-state index in [2.05, 4.69) is 26.3 Å². The van der Waals surface area contributed by atoms with E-state index < -0.39 is 6.04 Å². The van der Waals surface area contributed by atoms with Gasteiger partial charge in [-0.1, -0.05) is 6.92 Å². The topological polar surface area (TPSA) is 127 Å². The highest BCUT2D eigenvalue weighted by atomic mass is 15.2. The van der Waals surface area contributed by atoms with Crippen molar-refractivity contribution in [1.29, 1.82) is 10.5 Å². The highest BCUT2D eigenvalue weighted by Gasteiger charge is 2.13. The molecule has 20 heavy (non-hydrogen) atoms. The number of hydrogen-bond donors (Lipinski definition) is 2. The first kappa shape index (κ1) is 15.2. The molecule has 0 amide bonds. The number of nitrogen functional groups attached to an aromatic ring is 1. The summed E-state index contributed by atoms with van der Waals surface area (Å²) in [4.78, 5) is 13.9. The Bertz CT molecular complexity index is 578. The zero-order valence-corrected chi connectivity index (χ0v) is 11.6. The first-order valence-corrected chi connectivity index (χ1v) is 5.96. The fourth-order valence-corrected chi connectivity index (χ4v) is 1.28. The number of nitrogens with two attached hydrogens (primary N) is 1. The molecule has 8 nitrogen and oxygen atoms in total. The predicted octanol–water partition coefficient (Wildman–Crippen LogP) is 0.866. The number of aromatic nitrogens is 2. The summed E-state index contributed by atoms with van der Waals surface area (Å²) < 4.78 is 0. The van der Waals surface area contributed by atoms with Crippen LogP contribution in [0.1, 0.15) is 18.9 Å². The van der Waals surface area contributed by atoms with Gasteiger partial charge in [0.15, 0.2) is 5.82 Å². The Morgan fingerprint density at radius 3 is 2.65 bits per heavy atom. The third-order valence-corrected chi connectivity index (χ3v) is 2.31. The lowest BCUT2D eigenvalue weighted by atomic mass is 10.2. The van der Waals surface area contributed by atoms with Gasteiger partial charge in [-0.05, 0) is 6.42 Å². The molecule has 1 unspecified atom stereocenters. The molecule has 1 rings (SSSR count). The van der Waals surface area contributed by atoms with Crippen molar-refractivity contribution in [3.63, 3.8) is 0 Å². The van der Waals surface area contributed by atoms with E-state index in [1.165, 1.54) is 6.34 Å². The van der Waals surface area contributed by atoms with Crippen LogP contribution in [0.4, 0.5) is 17.6 Å². The maximum absolute atomic E-state index is 9.06. The van der Waals surface area contributed by atoms with Crippen molar-refractivity contribution in [1.82, 2.24) is 14.9 Å². The lowest BCUT2D eigenvalue weighted by Crippen LogP contribution is -2.18. The van der Waals surface area contributed by atoms with E-state index in [1.54, 1.807) is 19.0 Å². The van der Waals surface area contributed by atoms with Crippen LogP contribution >= 0.6 is 0 Å². The molecule has 0 aliphatic carbocycles. The van der Waals surface area contributed by atoms with Gasteiger partial charge < -0.3 is 16.0 Å². The summed E-state index contributed by atoms with van der Waals surface area (Å²) >= 11 is 0. The van der Waals surface area contributed by atoms with Gasteiger partial charge in [-0.2, -0.15) is 20.5 Å². The molecule has 1 heterocycles. The molecular weight excluding hydrogens is 256 g/mol. The van der Waals surface area contributed by atoms with E-state index >= 15 is 0 Å². The molecule has 0 saturated carbocycles. The number of nitriles is 2. The van der Waals surface area contributed by atoms with Crippen LogP contribution in [0.15, 0.2) is 4.99 Å². The summed E-state index contributed by atoms with van der Waals surface area (Å²) in [6.07, 6.45) is 2.10. The highest BCUT2D eigenvalue weighted by molar-refractivity contribution is 5.68. The number of anilines is 2. The molecule has 1 aromatic rings. The van der Waals surface area contributed by atoms with Gasteiger partial charge in [0.05, 0.1) is 12.4 Å². The Morgan fingerprint density at radius 2 is 2.15 bits per heavy atom. The van der Waals surface area contributed by atoms with Crippen molar-refractivity contribution in [2.75, 3.05) is 25.1 Å². The van der Waals surface area contributed by atoms with Gasteiger partial charge >= 0.3 is 0 Å². The van der Waals surface area contributed by atoms with Gasteiger partial charge in [0, 0.05) is 14.1 Å². The van der Waals surface area contributed by atoms with E-state index in [0.717, 1.165) is 0 Å². The van der Waals surface area contributed by atoms with Gasteiger partial charge in [0.25, 0.3) is 0 Å². The molecule has 1 aromatic heterocycles. The van der Waals surface area contributed by atoms with Crippen LogP contribution in [0, 0.1) is 22.7 Å². The normalized spacial score (nSPS) is 11.7. The van der Waals surface area contributed by atoms with E-state index in [1.807, 2.05) is 13.0 Å². The number of aliphatic imine (C=N–C) groups is 1.